The second-order valence-electron chi connectivity index (χ2n) is 7.09. The van der Waals surface area contributed by atoms with Crippen LogP contribution in [0.3, 0.4) is 0 Å². The van der Waals surface area contributed by atoms with E-state index in [-0.39, 0.29) is 6.04 Å². The molecule has 0 saturated heterocycles. The summed E-state index contributed by atoms with van der Waals surface area (Å²) >= 11 is 0. The van der Waals surface area contributed by atoms with Crippen LogP contribution in [0.5, 0.6) is 6.01 Å². The van der Waals surface area contributed by atoms with Crippen LogP contribution in [-0.2, 0) is 6.42 Å². The van der Waals surface area contributed by atoms with Gasteiger partial charge in [0.2, 0.25) is 0 Å². The van der Waals surface area contributed by atoms with Gasteiger partial charge in [0.15, 0.2) is 0 Å². The largest absolute Gasteiger partial charge is 0.478 e. The van der Waals surface area contributed by atoms with Gasteiger partial charge >= 0.3 is 12.0 Å². The van der Waals surface area contributed by atoms with Gasteiger partial charge < -0.3 is 9.84 Å². The lowest BCUT2D eigenvalue weighted by atomic mass is 9.98. The van der Waals surface area contributed by atoms with E-state index in [1.807, 2.05) is 41.1 Å². The fraction of sp³-hybridized carbons (Fsp3) is 0.348. The highest BCUT2D eigenvalue weighted by molar-refractivity contribution is 5.95. The van der Waals surface area contributed by atoms with E-state index in [1.165, 1.54) is 0 Å². The molecule has 3 aromatic rings. The number of hydrogen-bond acceptors (Lipinski definition) is 4. The zero-order valence-electron chi connectivity index (χ0n) is 17.1. The van der Waals surface area contributed by atoms with Crippen molar-refractivity contribution in [2.45, 2.75) is 46.1 Å². The fourth-order valence-electron chi connectivity index (χ4n) is 3.14. The first-order valence-electron chi connectivity index (χ1n) is 10.0. The molecule has 0 fully saturated rings. The van der Waals surface area contributed by atoms with Crippen LogP contribution in [0.1, 0.15) is 61.4 Å². The molecule has 0 bridgehead atoms. The molecule has 0 aliphatic carbocycles. The van der Waals surface area contributed by atoms with Crippen LogP contribution in [0.15, 0.2) is 48.5 Å². The van der Waals surface area contributed by atoms with Gasteiger partial charge in [-0.25, -0.2) is 9.48 Å². The van der Waals surface area contributed by atoms with E-state index in [0.29, 0.717) is 30.2 Å². The summed E-state index contributed by atoms with van der Waals surface area (Å²) in [5.41, 5.74) is 2.97. The maximum absolute atomic E-state index is 11.5. The lowest BCUT2D eigenvalue weighted by molar-refractivity contribution is 0.0697. The Morgan fingerprint density at radius 2 is 1.86 bits per heavy atom. The number of aromatic carboxylic acids is 1. The summed E-state index contributed by atoms with van der Waals surface area (Å²) in [5, 5.41) is 13.9. The minimum absolute atomic E-state index is 0.234. The summed E-state index contributed by atoms with van der Waals surface area (Å²) in [5.74, 6) is -0.0601. The molecule has 1 unspecified atom stereocenters. The highest BCUT2D eigenvalue weighted by Crippen LogP contribution is 2.25. The summed E-state index contributed by atoms with van der Waals surface area (Å²) in [4.78, 5) is 16.1. The van der Waals surface area contributed by atoms with E-state index in [4.69, 9.17) is 4.74 Å². The van der Waals surface area contributed by atoms with E-state index < -0.39 is 5.97 Å². The Kier molecular flexibility index (Phi) is 6.65. The molecular weight excluding hydrogens is 366 g/mol. The minimum Gasteiger partial charge on any atom is -0.478 e. The maximum Gasteiger partial charge on any atom is 0.336 e. The molecule has 0 aliphatic heterocycles. The van der Waals surface area contributed by atoms with E-state index >= 15 is 0 Å². The van der Waals surface area contributed by atoms with E-state index in [1.54, 1.807) is 12.1 Å². The summed E-state index contributed by atoms with van der Waals surface area (Å²) in [6.07, 6.45) is 2.49. The van der Waals surface area contributed by atoms with Gasteiger partial charge in [-0.05, 0) is 42.5 Å². The van der Waals surface area contributed by atoms with Gasteiger partial charge in [0.1, 0.15) is 5.82 Å². The van der Waals surface area contributed by atoms with Crippen molar-refractivity contribution in [2.24, 2.45) is 0 Å². The molecule has 29 heavy (non-hydrogen) atoms. The Labute approximate surface area is 171 Å². The second-order valence-corrected chi connectivity index (χ2v) is 7.09. The van der Waals surface area contributed by atoms with Crippen LogP contribution in [0.2, 0.25) is 0 Å². The quantitative estimate of drug-likeness (QED) is 0.554. The monoisotopic (exact) mass is 393 g/mol. The first-order valence-corrected chi connectivity index (χ1v) is 10.0. The zero-order chi connectivity index (χ0) is 20.8. The number of carboxylic acids is 1. The molecule has 0 saturated carbocycles. The maximum atomic E-state index is 11.5. The molecule has 0 radical (unpaired) electrons. The highest BCUT2D eigenvalue weighted by atomic mass is 16.5. The van der Waals surface area contributed by atoms with Crippen molar-refractivity contribution in [1.29, 1.82) is 0 Å². The standard InChI is InChI=1S/C23H27N3O3/c1-4-14-29-23-24-21(26(25-23)16(3)5-2)15-17-10-12-18(13-11-17)19-8-6-7-9-20(19)22(27)28/h6-13,16H,4-5,14-15H2,1-3H3,(H,27,28). The average molecular weight is 393 g/mol. The van der Waals surface area contributed by atoms with Crippen molar-refractivity contribution < 1.29 is 14.6 Å². The molecule has 0 spiro atoms. The van der Waals surface area contributed by atoms with Gasteiger partial charge in [-0.15, -0.1) is 5.10 Å². The first-order chi connectivity index (χ1) is 14.0. The molecule has 6 heteroatoms. The van der Waals surface area contributed by atoms with Crippen LogP contribution in [0, 0.1) is 0 Å². The van der Waals surface area contributed by atoms with Crippen LogP contribution in [0.4, 0.5) is 0 Å². The lowest BCUT2D eigenvalue weighted by Gasteiger charge is -2.12. The topological polar surface area (TPSA) is 77.2 Å². The van der Waals surface area contributed by atoms with E-state index in [2.05, 4.69) is 30.9 Å². The number of hydrogen-bond donors (Lipinski definition) is 1. The smallest absolute Gasteiger partial charge is 0.336 e. The molecule has 6 nitrogen and oxygen atoms in total. The van der Waals surface area contributed by atoms with Crippen LogP contribution >= 0.6 is 0 Å². The fourth-order valence-corrected chi connectivity index (χ4v) is 3.14. The van der Waals surface area contributed by atoms with Gasteiger partial charge in [0.25, 0.3) is 0 Å². The van der Waals surface area contributed by atoms with E-state index in [0.717, 1.165) is 29.8 Å². The third-order valence-electron chi connectivity index (χ3n) is 4.91. The number of carboxylic acid groups (broad SMARTS) is 1. The molecule has 0 amide bonds. The number of benzene rings is 2. The van der Waals surface area contributed by atoms with Crippen molar-refractivity contribution in [1.82, 2.24) is 14.8 Å². The Hall–Kier alpha value is -3.15. The Bertz CT molecular complexity index is 964. The molecule has 152 valence electrons. The number of rotatable bonds is 9. The van der Waals surface area contributed by atoms with Gasteiger partial charge in [-0.1, -0.05) is 56.3 Å². The molecular formula is C23H27N3O3. The SMILES string of the molecule is CCCOc1nc(Cc2ccc(-c3ccccc3C(=O)O)cc2)n(C(C)CC)n1. The number of ether oxygens (including phenoxy) is 1. The molecule has 0 aliphatic rings. The predicted octanol–water partition coefficient (Wildman–Crippen LogP) is 4.99. The Morgan fingerprint density at radius 3 is 2.52 bits per heavy atom. The minimum atomic E-state index is -0.925. The van der Waals surface area contributed by atoms with E-state index in [9.17, 15) is 9.90 Å². The summed E-state index contributed by atoms with van der Waals surface area (Å²) in [6, 6.07) is 15.6. The molecule has 3 rings (SSSR count). The average Bonchev–Trinajstić information content (AvgIpc) is 3.14. The summed E-state index contributed by atoms with van der Waals surface area (Å²) < 4.78 is 7.57. The van der Waals surface area contributed by atoms with Crippen LogP contribution < -0.4 is 4.74 Å². The zero-order valence-corrected chi connectivity index (χ0v) is 17.1. The van der Waals surface area contributed by atoms with Crippen molar-refractivity contribution in [3.63, 3.8) is 0 Å². The number of nitrogens with zero attached hydrogens (tertiary/aromatic N) is 3. The molecule has 2 aromatic carbocycles. The Morgan fingerprint density at radius 1 is 1.14 bits per heavy atom. The van der Waals surface area contributed by atoms with Gasteiger partial charge in [-0.3, -0.25) is 0 Å². The predicted molar refractivity (Wildman–Crippen MR) is 112 cm³/mol. The van der Waals surface area contributed by atoms with Crippen LogP contribution in [-0.4, -0.2) is 32.4 Å². The van der Waals surface area contributed by atoms with Crippen LogP contribution in [0.25, 0.3) is 11.1 Å². The summed E-state index contributed by atoms with van der Waals surface area (Å²) in [6.45, 7) is 6.89. The normalized spacial score (nSPS) is 12.0. The number of carbonyl (C=O) groups is 1. The van der Waals surface area contributed by atoms with Gasteiger partial charge in [0.05, 0.1) is 18.2 Å². The molecule has 1 heterocycles. The van der Waals surface area contributed by atoms with Crippen molar-refractivity contribution >= 4 is 5.97 Å². The summed E-state index contributed by atoms with van der Waals surface area (Å²) in [7, 11) is 0. The van der Waals surface area contributed by atoms with Crippen molar-refractivity contribution in [2.75, 3.05) is 6.61 Å². The van der Waals surface area contributed by atoms with Crippen molar-refractivity contribution in [3.05, 3.63) is 65.5 Å². The molecule has 1 N–H and O–H groups in total. The number of aromatic nitrogens is 3. The van der Waals surface area contributed by atoms with Gasteiger partial charge in [0, 0.05) is 6.42 Å². The van der Waals surface area contributed by atoms with Gasteiger partial charge in [-0.2, -0.15) is 4.98 Å². The second kappa shape index (κ2) is 9.37. The molecule has 1 aromatic heterocycles. The third kappa shape index (κ3) is 4.83. The first kappa shape index (κ1) is 20.6. The Balaban J connectivity index is 1.85. The lowest BCUT2D eigenvalue weighted by Crippen LogP contribution is -2.11. The third-order valence-corrected chi connectivity index (χ3v) is 4.91. The van der Waals surface area contributed by atoms with Crippen molar-refractivity contribution in [3.8, 4) is 17.1 Å². The highest BCUT2D eigenvalue weighted by Gasteiger charge is 2.16. The molecule has 1 atom stereocenters.